The first-order valence-corrected chi connectivity index (χ1v) is 8.70. The fourth-order valence-corrected chi connectivity index (χ4v) is 3.82. The SMILES string of the molecule is COc1ccc(C(=O)N2CCC(c3ccsc3)CC2)cc1OC. The van der Waals surface area contributed by atoms with E-state index in [0.29, 0.717) is 23.0 Å². The minimum atomic E-state index is 0.0646. The first kappa shape index (κ1) is 15.9. The number of hydrogen-bond acceptors (Lipinski definition) is 4. The lowest BCUT2D eigenvalue weighted by Crippen LogP contribution is -2.37. The highest BCUT2D eigenvalue weighted by molar-refractivity contribution is 7.07. The summed E-state index contributed by atoms with van der Waals surface area (Å²) in [4.78, 5) is 14.6. The van der Waals surface area contributed by atoms with Gasteiger partial charge in [0.2, 0.25) is 0 Å². The molecule has 5 heteroatoms. The Labute approximate surface area is 140 Å². The second-order valence-electron chi connectivity index (χ2n) is 5.69. The molecule has 1 aromatic carbocycles. The average molecular weight is 331 g/mol. The van der Waals surface area contributed by atoms with Crippen molar-refractivity contribution in [2.45, 2.75) is 18.8 Å². The van der Waals surface area contributed by atoms with Crippen LogP contribution in [0.2, 0.25) is 0 Å². The largest absolute Gasteiger partial charge is 0.493 e. The number of amides is 1. The lowest BCUT2D eigenvalue weighted by atomic mass is 9.91. The van der Waals surface area contributed by atoms with Gasteiger partial charge in [-0.05, 0) is 59.3 Å². The second kappa shape index (κ2) is 7.04. The molecule has 1 aromatic heterocycles. The van der Waals surface area contributed by atoms with Gasteiger partial charge in [0.1, 0.15) is 0 Å². The number of likely N-dealkylation sites (tertiary alicyclic amines) is 1. The maximum atomic E-state index is 12.7. The van der Waals surface area contributed by atoms with Gasteiger partial charge in [0.25, 0.3) is 5.91 Å². The zero-order valence-electron chi connectivity index (χ0n) is 13.5. The minimum Gasteiger partial charge on any atom is -0.493 e. The zero-order valence-corrected chi connectivity index (χ0v) is 14.3. The highest BCUT2D eigenvalue weighted by Gasteiger charge is 2.25. The number of rotatable bonds is 4. The number of nitrogens with zero attached hydrogens (tertiary/aromatic N) is 1. The molecule has 122 valence electrons. The Balaban J connectivity index is 1.67. The monoisotopic (exact) mass is 331 g/mol. The van der Waals surface area contributed by atoms with Gasteiger partial charge in [-0.2, -0.15) is 11.3 Å². The van der Waals surface area contributed by atoms with Crippen LogP contribution in [0.15, 0.2) is 35.0 Å². The molecule has 0 bridgehead atoms. The third-order valence-electron chi connectivity index (χ3n) is 4.43. The summed E-state index contributed by atoms with van der Waals surface area (Å²) in [6.45, 7) is 1.60. The van der Waals surface area contributed by atoms with Crippen LogP contribution in [0.3, 0.4) is 0 Å². The van der Waals surface area contributed by atoms with E-state index in [9.17, 15) is 4.79 Å². The third-order valence-corrected chi connectivity index (χ3v) is 5.13. The summed E-state index contributed by atoms with van der Waals surface area (Å²) in [7, 11) is 3.17. The van der Waals surface area contributed by atoms with Gasteiger partial charge in [0, 0.05) is 18.7 Å². The summed E-state index contributed by atoms with van der Waals surface area (Å²) in [6.07, 6.45) is 2.05. The molecule has 1 amide bonds. The van der Waals surface area contributed by atoms with Crippen LogP contribution in [0.25, 0.3) is 0 Å². The molecule has 0 aliphatic carbocycles. The predicted molar refractivity (Wildman–Crippen MR) is 91.7 cm³/mol. The number of methoxy groups -OCH3 is 2. The Bertz CT molecular complexity index is 661. The van der Waals surface area contributed by atoms with Crippen LogP contribution in [-0.2, 0) is 0 Å². The van der Waals surface area contributed by atoms with E-state index < -0.39 is 0 Å². The van der Waals surface area contributed by atoms with Gasteiger partial charge in [-0.25, -0.2) is 0 Å². The van der Waals surface area contributed by atoms with E-state index in [2.05, 4.69) is 16.8 Å². The van der Waals surface area contributed by atoms with E-state index in [1.807, 2.05) is 4.90 Å². The maximum Gasteiger partial charge on any atom is 0.253 e. The molecule has 2 heterocycles. The van der Waals surface area contributed by atoms with Crippen molar-refractivity contribution >= 4 is 17.2 Å². The van der Waals surface area contributed by atoms with Crippen LogP contribution < -0.4 is 9.47 Å². The molecule has 0 atom stereocenters. The van der Waals surface area contributed by atoms with Crippen LogP contribution >= 0.6 is 11.3 Å². The lowest BCUT2D eigenvalue weighted by Gasteiger charge is -2.32. The smallest absolute Gasteiger partial charge is 0.253 e. The molecular weight excluding hydrogens is 310 g/mol. The van der Waals surface area contributed by atoms with Crippen molar-refractivity contribution in [2.24, 2.45) is 0 Å². The molecule has 0 radical (unpaired) electrons. The first-order chi connectivity index (χ1) is 11.2. The molecule has 0 unspecified atom stereocenters. The van der Waals surface area contributed by atoms with Crippen LogP contribution in [0.4, 0.5) is 0 Å². The number of carbonyl (C=O) groups excluding carboxylic acids is 1. The van der Waals surface area contributed by atoms with Crippen molar-refractivity contribution in [3.63, 3.8) is 0 Å². The maximum absolute atomic E-state index is 12.7. The van der Waals surface area contributed by atoms with Gasteiger partial charge >= 0.3 is 0 Å². The van der Waals surface area contributed by atoms with Gasteiger partial charge in [-0.3, -0.25) is 4.79 Å². The van der Waals surface area contributed by atoms with E-state index in [0.717, 1.165) is 25.9 Å². The minimum absolute atomic E-state index is 0.0646. The Morgan fingerprint density at radius 1 is 1.13 bits per heavy atom. The molecule has 0 saturated carbocycles. The highest BCUT2D eigenvalue weighted by Crippen LogP contribution is 2.31. The Kier molecular flexibility index (Phi) is 4.86. The highest BCUT2D eigenvalue weighted by atomic mass is 32.1. The fourth-order valence-electron chi connectivity index (χ4n) is 3.08. The molecule has 4 nitrogen and oxygen atoms in total. The van der Waals surface area contributed by atoms with E-state index in [4.69, 9.17) is 9.47 Å². The summed E-state index contributed by atoms with van der Waals surface area (Å²) in [5.74, 6) is 1.87. The van der Waals surface area contributed by atoms with E-state index in [-0.39, 0.29) is 5.91 Å². The molecule has 1 aliphatic rings. The topological polar surface area (TPSA) is 38.8 Å². The third kappa shape index (κ3) is 3.34. The van der Waals surface area contributed by atoms with Gasteiger partial charge in [-0.15, -0.1) is 0 Å². The molecule has 1 fully saturated rings. The van der Waals surface area contributed by atoms with Gasteiger partial charge < -0.3 is 14.4 Å². The quantitative estimate of drug-likeness (QED) is 0.856. The molecule has 0 N–H and O–H groups in total. The summed E-state index contributed by atoms with van der Waals surface area (Å²) < 4.78 is 10.5. The van der Waals surface area contributed by atoms with Gasteiger partial charge in [0.15, 0.2) is 11.5 Å². The van der Waals surface area contributed by atoms with Crippen LogP contribution in [0, 0.1) is 0 Å². The van der Waals surface area contributed by atoms with Gasteiger partial charge in [-0.1, -0.05) is 0 Å². The summed E-state index contributed by atoms with van der Waals surface area (Å²) >= 11 is 1.74. The van der Waals surface area contributed by atoms with Crippen molar-refractivity contribution in [1.29, 1.82) is 0 Å². The van der Waals surface area contributed by atoms with Crippen molar-refractivity contribution in [3.8, 4) is 11.5 Å². The Hall–Kier alpha value is -2.01. The average Bonchev–Trinajstić information content (AvgIpc) is 3.15. The molecular formula is C18H21NO3S. The zero-order chi connectivity index (χ0) is 16.2. The van der Waals surface area contributed by atoms with Crippen molar-refractivity contribution in [3.05, 3.63) is 46.2 Å². The summed E-state index contributed by atoms with van der Waals surface area (Å²) in [5.41, 5.74) is 2.06. The van der Waals surface area contributed by atoms with Crippen molar-refractivity contribution < 1.29 is 14.3 Å². The van der Waals surface area contributed by atoms with E-state index >= 15 is 0 Å². The second-order valence-corrected chi connectivity index (χ2v) is 6.47. The normalized spacial score (nSPS) is 15.5. The van der Waals surface area contributed by atoms with E-state index in [1.54, 1.807) is 43.8 Å². The van der Waals surface area contributed by atoms with Crippen molar-refractivity contribution in [2.75, 3.05) is 27.3 Å². The number of hydrogen-bond donors (Lipinski definition) is 0. The van der Waals surface area contributed by atoms with Gasteiger partial charge in [0.05, 0.1) is 14.2 Å². The van der Waals surface area contributed by atoms with Crippen LogP contribution in [0.5, 0.6) is 11.5 Å². The number of carbonyl (C=O) groups is 1. The number of ether oxygens (including phenoxy) is 2. The summed E-state index contributed by atoms with van der Waals surface area (Å²) in [6, 6.07) is 7.53. The Morgan fingerprint density at radius 3 is 2.48 bits per heavy atom. The lowest BCUT2D eigenvalue weighted by molar-refractivity contribution is 0.0712. The molecule has 1 saturated heterocycles. The van der Waals surface area contributed by atoms with E-state index in [1.165, 1.54) is 5.56 Å². The Morgan fingerprint density at radius 2 is 1.87 bits per heavy atom. The predicted octanol–water partition coefficient (Wildman–Crippen LogP) is 3.79. The van der Waals surface area contributed by atoms with Crippen LogP contribution in [0.1, 0.15) is 34.7 Å². The number of benzene rings is 1. The number of thiophene rings is 1. The first-order valence-electron chi connectivity index (χ1n) is 7.76. The summed E-state index contributed by atoms with van der Waals surface area (Å²) in [5, 5.41) is 4.34. The molecule has 3 rings (SSSR count). The molecule has 1 aliphatic heterocycles. The molecule has 23 heavy (non-hydrogen) atoms. The molecule has 2 aromatic rings. The fraction of sp³-hybridized carbons (Fsp3) is 0.389. The standard InChI is InChI=1S/C18H21NO3S/c1-21-16-4-3-14(11-17(16)22-2)18(20)19-8-5-13(6-9-19)15-7-10-23-12-15/h3-4,7,10-13H,5-6,8-9H2,1-2H3. The number of piperidine rings is 1. The van der Waals surface area contributed by atoms with Crippen LogP contribution in [-0.4, -0.2) is 38.1 Å². The molecule has 0 spiro atoms. The van der Waals surface area contributed by atoms with Crippen molar-refractivity contribution in [1.82, 2.24) is 4.90 Å².